The minimum atomic E-state index is -4.30. The summed E-state index contributed by atoms with van der Waals surface area (Å²) in [5.41, 5.74) is 5.08. The van der Waals surface area contributed by atoms with Gasteiger partial charge in [0.05, 0.1) is 5.75 Å². The van der Waals surface area contributed by atoms with Crippen molar-refractivity contribution in [3.63, 3.8) is 0 Å². The first-order chi connectivity index (χ1) is 7.02. The normalized spacial score (nSPS) is 21.8. The molecule has 1 aliphatic rings. The van der Waals surface area contributed by atoms with E-state index in [1.54, 1.807) is 6.92 Å². The summed E-state index contributed by atoms with van der Waals surface area (Å²) < 4.78 is 59.6. The second kappa shape index (κ2) is 4.15. The number of nitrogens with two attached hydrogens (primary N) is 1. The van der Waals surface area contributed by atoms with Crippen LogP contribution in [0.1, 0.15) is 19.8 Å². The minimum Gasteiger partial charge on any atom is -0.323 e. The molecule has 0 aromatic rings. The molecule has 4 nitrogen and oxygen atoms in total. The molecule has 1 aliphatic heterocycles. The van der Waals surface area contributed by atoms with Crippen molar-refractivity contribution in [2.24, 2.45) is 5.73 Å². The first kappa shape index (κ1) is 13.7. The van der Waals surface area contributed by atoms with Gasteiger partial charge in [-0.1, -0.05) is 0 Å². The van der Waals surface area contributed by atoms with Crippen molar-refractivity contribution in [2.45, 2.75) is 31.5 Å². The lowest BCUT2D eigenvalue weighted by molar-refractivity contribution is -0.134. The van der Waals surface area contributed by atoms with Crippen LogP contribution in [0.3, 0.4) is 0 Å². The quantitative estimate of drug-likeness (QED) is 0.809. The highest BCUT2D eigenvalue weighted by molar-refractivity contribution is 7.89. The van der Waals surface area contributed by atoms with Gasteiger partial charge in [-0.3, -0.25) is 0 Å². The number of alkyl halides is 3. The zero-order valence-electron chi connectivity index (χ0n) is 8.92. The van der Waals surface area contributed by atoms with Crippen molar-refractivity contribution < 1.29 is 21.6 Å². The lowest BCUT2D eigenvalue weighted by Crippen LogP contribution is -2.66. The Morgan fingerprint density at radius 2 is 1.88 bits per heavy atom. The van der Waals surface area contributed by atoms with Gasteiger partial charge >= 0.3 is 6.18 Å². The highest BCUT2D eigenvalue weighted by atomic mass is 32.2. The summed E-state index contributed by atoms with van der Waals surface area (Å²) in [4.78, 5) is 0. The fourth-order valence-corrected chi connectivity index (χ4v) is 3.29. The summed E-state index contributed by atoms with van der Waals surface area (Å²) in [5, 5.41) is 0. The van der Waals surface area contributed by atoms with Crippen LogP contribution in [0.2, 0.25) is 0 Å². The van der Waals surface area contributed by atoms with Crippen molar-refractivity contribution in [1.82, 2.24) is 4.31 Å². The average Bonchev–Trinajstić information content (AvgIpc) is 1.96. The van der Waals surface area contributed by atoms with Gasteiger partial charge < -0.3 is 5.73 Å². The maximum absolute atomic E-state index is 11.8. The molecular weight excluding hydrogens is 245 g/mol. The third-order valence-corrected chi connectivity index (χ3v) is 4.18. The molecule has 0 aromatic heterocycles. The van der Waals surface area contributed by atoms with Gasteiger partial charge in [0.2, 0.25) is 10.0 Å². The highest BCUT2D eigenvalue weighted by Crippen LogP contribution is 2.25. The van der Waals surface area contributed by atoms with Crippen molar-refractivity contribution in [2.75, 3.05) is 18.8 Å². The third-order valence-electron chi connectivity index (χ3n) is 2.33. The largest absolute Gasteiger partial charge is 0.389 e. The average molecular weight is 260 g/mol. The van der Waals surface area contributed by atoms with Crippen LogP contribution in [0.15, 0.2) is 0 Å². The summed E-state index contributed by atoms with van der Waals surface area (Å²) in [5.74, 6) is -0.470. The Balaban J connectivity index is 2.37. The Kier molecular flexibility index (Phi) is 3.56. The van der Waals surface area contributed by atoms with Crippen molar-refractivity contribution in [3.05, 3.63) is 0 Å². The van der Waals surface area contributed by atoms with E-state index in [0.717, 1.165) is 4.31 Å². The summed E-state index contributed by atoms with van der Waals surface area (Å²) in [6, 6.07) is 0. The van der Waals surface area contributed by atoms with Crippen molar-refractivity contribution >= 4 is 10.0 Å². The van der Waals surface area contributed by atoms with Gasteiger partial charge in [-0.15, -0.1) is 0 Å². The molecule has 8 heteroatoms. The highest BCUT2D eigenvalue weighted by Gasteiger charge is 2.41. The topological polar surface area (TPSA) is 63.4 Å². The zero-order valence-corrected chi connectivity index (χ0v) is 9.74. The Morgan fingerprint density at radius 1 is 1.38 bits per heavy atom. The molecule has 0 bridgehead atoms. The van der Waals surface area contributed by atoms with E-state index >= 15 is 0 Å². The van der Waals surface area contributed by atoms with Crippen LogP contribution >= 0.6 is 0 Å². The molecule has 0 aromatic carbocycles. The SMILES string of the molecule is CC1(N)CN(S(=O)(=O)CCCC(F)(F)F)C1. The van der Waals surface area contributed by atoms with E-state index in [4.69, 9.17) is 5.73 Å². The van der Waals surface area contributed by atoms with E-state index in [1.807, 2.05) is 0 Å². The molecule has 0 saturated carbocycles. The van der Waals surface area contributed by atoms with Crippen LogP contribution in [-0.4, -0.2) is 43.3 Å². The number of rotatable bonds is 4. The van der Waals surface area contributed by atoms with Crippen molar-refractivity contribution in [1.29, 1.82) is 0 Å². The molecule has 0 spiro atoms. The van der Waals surface area contributed by atoms with Gasteiger partial charge in [-0.25, -0.2) is 8.42 Å². The Labute approximate surface area is 92.6 Å². The van der Waals surface area contributed by atoms with Gasteiger partial charge in [-0.05, 0) is 13.3 Å². The first-order valence-electron chi connectivity index (χ1n) is 4.85. The number of sulfonamides is 1. The van der Waals surface area contributed by atoms with E-state index in [9.17, 15) is 21.6 Å². The zero-order chi connectivity index (χ0) is 12.6. The summed E-state index contributed by atoms with van der Waals surface area (Å²) in [6.45, 7) is 2.07. The lowest BCUT2D eigenvalue weighted by Gasteiger charge is -2.44. The van der Waals surface area contributed by atoms with E-state index in [1.165, 1.54) is 0 Å². The standard InChI is InChI=1S/C8H15F3N2O2S/c1-7(12)5-13(6-7)16(14,15)4-2-3-8(9,10)11/h2-6,12H2,1H3. The molecule has 1 fully saturated rings. The van der Waals surface area contributed by atoms with Crippen LogP contribution in [0.5, 0.6) is 0 Å². The number of nitrogens with zero attached hydrogens (tertiary/aromatic N) is 1. The first-order valence-corrected chi connectivity index (χ1v) is 6.46. The number of halogens is 3. The summed E-state index contributed by atoms with van der Waals surface area (Å²) >= 11 is 0. The van der Waals surface area contributed by atoms with Crippen LogP contribution in [0, 0.1) is 0 Å². The molecule has 1 rings (SSSR count). The van der Waals surface area contributed by atoms with Gasteiger partial charge in [0.1, 0.15) is 0 Å². The van der Waals surface area contributed by atoms with E-state index < -0.39 is 40.3 Å². The predicted molar refractivity (Wildman–Crippen MR) is 53.2 cm³/mol. The Morgan fingerprint density at radius 3 is 2.25 bits per heavy atom. The maximum atomic E-state index is 11.8. The second-order valence-corrected chi connectivity index (χ2v) is 6.55. The van der Waals surface area contributed by atoms with Gasteiger partial charge in [-0.2, -0.15) is 17.5 Å². The molecule has 96 valence electrons. The maximum Gasteiger partial charge on any atom is 0.389 e. The molecule has 0 radical (unpaired) electrons. The van der Waals surface area contributed by atoms with Crippen LogP contribution in [-0.2, 0) is 10.0 Å². The molecule has 1 saturated heterocycles. The monoisotopic (exact) mass is 260 g/mol. The van der Waals surface area contributed by atoms with Gasteiger partial charge in [0, 0.05) is 25.0 Å². The molecule has 1 heterocycles. The van der Waals surface area contributed by atoms with Gasteiger partial charge in [0.25, 0.3) is 0 Å². The fraction of sp³-hybridized carbons (Fsp3) is 1.00. The van der Waals surface area contributed by atoms with E-state index in [0.29, 0.717) is 0 Å². The molecule has 0 unspecified atom stereocenters. The van der Waals surface area contributed by atoms with Crippen LogP contribution in [0.25, 0.3) is 0 Å². The van der Waals surface area contributed by atoms with Gasteiger partial charge in [0.15, 0.2) is 0 Å². The van der Waals surface area contributed by atoms with E-state index in [-0.39, 0.29) is 13.1 Å². The summed E-state index contributed by atoms with van der Waals surface area (Å²) in [6.07, 6.45) is -5.77. The Hall–Kier alpha value is -0.340. The van der Waals surface area contributed by atoms with E-state index in [2.05, 4.69) is 0 Å². The molecule has 16 heavy (non-hydrogen) atoms. The van der Waals surface area contributed by atoms with Crippen LogP contribution < -0.4 is 5.73 Å². The fourth-order valence-electron chi connectivity index (χ4n) is 1.54. The molecular formula is C8H15F3N2O2S. The van der Waals surface area contributed by atoms with Crippen LogP contribution in [0.4, 0.5) is 13.2 Å². The molecule has 2 N–H and O–H groups in total. The lowest BCUT2D eigenvalue weighted by atomic mass is 9.97. The molecule has 0 atom stereocenters. The molecule has 0 amide bonds. The Bertz CT molecular complexity index is 343. The smallest absolute Gasteiger partial charge is 0.323 e. The summed E-state index contributed by atoms with van der Waals surface area (Å²) in [7, 11) is -3.56. The molecule has 0 aliphatic carbocycles. The van der Waals surface area contributed by atoms with Crippen molar-refractivity contribution in [3.8, 4) is 0 Å². The minimum absolute atomic E-state index is 0.182. The number of hydrogen-bond acceptors (Lipinski definition) is 3. The number of hydrogen-bond donors (Lipinski definition) is 1. The third kappa shape index (κ3) is 3.91. The predicted octanol–water partition coefficient (Wildman–Crippen LogP) is 0.692. The second-order valence-electron chi connectivity index (χ2n) is 4.46.